The van der Waals surface area contributed by atoms with Crippen molar-refractivity contribution in [3.8, 4) is 0 Å². The van der Waals surface area contributed by atoms with Crippen LogP contribution in [0.2, 0.25) is 0 Å². The van der Waals surface area contributed by atoms with Gasteiger partial charge in [-0.15, -0.1) is 0 Å². The van der Waals surface area contributed by atoms with Gasteiger partial charge in [-0.25, -0.2) is 4.98 Å². The fourth-order valence-electron chi connectivity index (χ4n) is 2.17. The minimum atomic E-state index is -1.37. The number of hydrogen-bond acceptors (Lipinski definition) is 3. The summed E-state index contributed by atoms with van der Waals surface area (Å²) in [4.78, 5) is 4.12. The molecule has 0 fully saturated rings. The molecule has 19 heavy (non-hydrogen) atoms. The number of rotatable bonds is 3. The van der Waals surface area contributed by atoms with Gasteiger partial charge in [-0.2, -0.15) is 0 Å². The van der Waals surface area contributed by atoms with Crippen molar-refractivity contribution >= 4 is 0 Å². The fourth-order valence-corrected chi connectivity index (χ4v) is 2.17. The molecule has 3 rings (SSSR count). The van der Waals surface area contributed by atoms with Crippen LogP contribution in [-0.4, -0.2) is 10.1 Å². The molecule has 0 aliphatic heterocycles. The van der Waals surface area contributed by atoms with Gasteiger partial charge in [-0.3, -0.25) is 0 Å². The number of nitrogens with zero attached hydrogens (tertiary/aromatic N) is 1. The molecule has 0 amide bonds. The minimum absolute atomic E-state index is 0.268. The number of benzene rings is 2. The van der Waals surface area contributed by atoms with E-state index in [1.54, 1.807) is 0 Å². The third kappa shape index (κ3) is 1.94. The van der Waals surface area contributed by atoms with Crippen molar-refractivity contribution in [1.82, 2.24) is 4.98 Å². The SMILES string of the molecule is OC(c1ccccc1)(c1ccccc1)c1ncco1. The molecule has 1 N–H and O–H groups in total. The molecule has 0 atom stereocenters. The third-order valence-electron chi connectivity index (χ3n) is 3.12. The predicted molar refractivity (Wildman–Crippen MR) is 71.5 cm³/mol. The van der Waals surface area contributed by atoms with Crippen LogP contribution in [-0.2, 0) is 5.60 Å². The summed E-state index contributed by atoms with van der Waals surface area (Å²) in [6.45, 7) is 0. The normalized spacial score (nSPS) is 11.4. The minimum Gasteiger partial charge on any atom is -0.445 e. The molecular formula is C16H13NO2. The van der Waals surface area contributed by atoms with Gasteiger partial charge in [0.2, 0.25) is 5.89 Å². The van der Waals surface area contributed by atoms with Crippen LogP contribution in [0.5, 0.6) is 0 Å². The van der Waals surface area contributed by atoms with Gasteiger partial charge in [0.05, 0.1) is 6.20 Å². The van der Waals surface area contributed by atoms with E-state index >= 15 is 0 Å². The molecule has 0 spiro atoms. The lowest BCUT2D eigenvalue weighted by Gasteiger charge is -2.25. The van der Waals surface area contributed by atoms with Crippen molar-refractivity contribution in [3.63, 3.8) is 0 Å². The molecule has 1 aromatic heterocycles. The quantitative estimate of drug-likeness (QED) is 0.778. The van der Waals surface area contributed by atoms with Gasteiger partial charge < -0.3 is 9.52 Å². The number of aliphatic hydroxyl groups is 1. The molecule has 3 heteroatoms. The first-order valence-corrected chi connectivity index (χ1v) is 6.05. The van der Waals surface area contributed by atoms with E-state index in [4.69, 9.17) is 4.42 Å². The lowest BCUT2D eigenvalue weighted by Crippen LogP contribution is -2.29. The zero-order valence-corrected chi connectivity index (χ0v) is 10.2. The number of oxazole rings is 1. The van der Waals surface area contributed by atoms with Crippen molar-refractivity contribution in [2.24, 2.45) is 0 Å². The summed E-state index contributed by atoms with van der Waals surface area (Å²) < 4.78 is 5.35. The lowest BCUT2D eigenvalue weighted by molar-refractivity contribution is 0.0929. The average molecular weight is 251 g/mol. The van der Waals surface area contributed by atoms with Gasteiger partial charge in [0.15, 0.2) is 5.60 Å². The second-order valence-corrected chi connectivity index (χ2v) is 4.28. The zero-order valence-electron chi connectivity index (χ0n) is 10.2. The maximum atomic E-state index is 11.2. The largest absolute Gasteiger partial charge is 0.445 e. The standard InChI is InChI=1S/C16H13NO2/c18-16(15-17-11-12-19-15,13-7-3-1-4-8-13)14-9-5-2-6-10-14/h1-12,18H. The van der Waals surface area contributed by atoms with Gasteiger partial charge in [0.1, 0.15) is 6.26 Å². The Hall–Kier alpha value is -2.39. The first-order chi connectivity index (χ1) is 9.32. The van der Waals surface area contributed by atoms with Crippen LogP contribution in [0.4, 0.5) is 0 Å². The van der Waals surface area contributed by atoms with Crippen LogP contribution in [0.15, 0.2) is 77.5 Å². The van der Waals surface area contributed by atoms with Crippen LogP contribution in [0.1, 0.15) is 17.0 Å². The smallest absolute Gasteiger partial charge is 0.235 e. The van der Waals surface area contributed by atoms with Crippen molar-refractivity contribution in [2.75, 3.05) is 0 Å². The Labute approximate surface area is 111 Å². The molecule has 3 nitrogen and oxygen atoms in total. The summed E-state index contributed by atoms with van der Waals surface area (Å²) in [5, 5.41) is 11.2. The Morgan fingerprint density at radius 2 is 1.37 bits per heavy atom. The molecule has 0 bridgehead atoms. The average Bonchev–Trinajstić information content (AvgIpc) is 3.03. The summed E-state index contributed by atoms with van der Waals surface area (Å²) in [5.41, 5.74) is 0.0822. The molecule has 2 aromatic carbocycles. The van der Waals surface area contributed by atoms with E-state index in [2.05, 4.69) is 4.98 Å². The molecule has 0 saturated carbocycles. The third-order valence-corrected chi connectivity index (χ3v) is 3.12. The predicted octanol–water partition coefficient (Wildman–Crippen LogP) is 2.96. The topological polar surface area (TPSA) is 46.3 Å². The molecular weight excluding hydrogens is 238 g/mol. The van der Waals surface area contributed by atoms with Crippen molar-refractivity contribution in [3.05, 3.63) is 90.1 Å². The maximum Gasteiger partial charge on any atom is 0.235 e. The molecule has 0 radical (unpaired) electrons. The van der Waals surface area contributed by atoms with Crippen molar-refractivity contribution in [1.29, 1.82) is 0 Å². The highest BCUT2D eigenvalue weighted by Gasteiger charge is 2.37. The zero-order chi connectivity index (χ0) is 13.1. The van der Waals surface area contributed by atoms with E-state index < -0.39 is 5.60 Å². The van der Waals surface area contributed by atoms with Crippen molar-refractivity contribution < 1.29 is 9.52 Å². The van der Waals surface area contributed by atoms with Crippen LogP contribution in [0.25, 0.3) is 0 Å². The number of hydrogen-bond donors (Lipinski definition) is 1. The van der Waals surface area contributed by atoms with E-state index in [-0.39, 0.29) is 5.89 Å². The number of aromatic nitrogens is 1. The fraction of sp³-hybridized carbons (Fsp3) is 0.0625. The van der Waals surface area contributed by atoms with E-state index in [1.165, 1.54) is 12.5 Å². The highest BCUT2D eigenvalue weighted by molar-refractivity contribution is 5.41. The Morgan fingerprint density at radius 3 is 1.79 bits per heavy atom. The monoisotopic (exact) mass is 251 g/mol. The van der Waals surface area contributed by atoms with E-state index in [0.717, 1.165) is 11.1 Å². The van der Waals surface area contributed by atoms with E-state index in [1.807, 2.05) is 60.7 Å². The molecule has 0 saturated heterocycles. The summed E-state index contributed by atoms with van der Waals surface area (Å²) >= 11 is 0. The first kappa shape index (κ1) is 11.7. The summed E-state index contributed by atoms with van der Waals surface area (Å²) in [7, 11) is 0. The van der Waals surface area contributed by atoms with Gasteiger partial charge >= 0.3 is 0 Å². The van der Waals surface area contributed by atoms with Gasteiger partial charge in [0, 0.05) is 0 Å². The van der Waals surface area contributed by atoms with E-state index in [0.29, 0.717) is 0 Å². The van der Waals surface area contributed by atoms with E-state index in [9.17, 15) is 5.11 Å². The molecule has 3 aromatic rings. The Balaban J connectivity index is 2.23. The second kappa shape index (κ2) is 4.71. The second-order valence-electron chi connectivity index (χ2n) is 4.28. The first-order valence-electron chi connectivity index (χ1n) is 6.05. The van der Waals surface area contributed by atoms with Crippen molar-refractivity contribution in [2.45, 2.75) is 5.60 Å². The van der Waals surface area contributed by atoms with Gasteiger partial charge in [-0.05, 0) is 11.1 Å². The Morgan fingerprint density at radius 1 is 0.842 bits per heavy atom. The Bertz CT molecular complexity index is 594. The Kier molecular flexibility index (Phi) is 2.89. The summed E-state index contributed by atoms with van der Waals surface area (Å²) in [6.07, 6.45) is 3.00. The lowest BCUT2D eigenvalue weighted by atomic mass is 9.86. The molecule has 0 aliphatic carbocycles. The van der Waals surface area contributed by atoms with Crippen LogP contribution in [0, 0.1) is 0 Å². The van der Waals surface area contributed by atoms with Crippen LogP contribution < -0.4 is 0 Å². The van der Waals surface area contributed by atoms with Crippen LogP contribution in [0.3, 0.4) is 0 Å². The highest BCUT2D eigenvalue weighted by atomic mass is 16.4. The highest BCUT2D eigenvalue weighted by Crippen LogP contribution is 2.35. The molecule has 0 aliphatic rings. The molecule has 94 valence electrons. The summed E-state index contributed by atoms with van der Waals surface area (Å²) in [6, 6.07) is 18.8. The maximum absolute atomic E-state index is 11.2. The molecule has 0 unspecified atom stereocenters. The van der Waals surface area contributed by atoms with Gasteiger partial charge in [-0.1, -0.05) is 60.7 Å². The summed E-state index contributed by atoms with van der Waals surface area (Å²) in [5.74, 6) is 0.268. The molecule has 1 heterocycles. The van der Waals surface area contributed by atoms with Gasteiger partial charge in [0.25, 0.3) is 0 Å². The van der Waals surface area contributed by atoms with Crippen LogP contribution >= 0.6 is 0 Å².